The van der Waals surface area contributed by atoms with E-state index < -0.39 is 0 Å². The van der Waals surface area contributed by atoms with Crippen molar-refractivity contribution in [1.82, 2.24) is 4.90 Å². The molecule has 1 unspecified atom stereocenters. The monoisotopic (exact) mass is 640 g/mol. The zero-order valence-corrected chi connectivity index (χ0v) is 30.4. The number of ether oxygens (including phenoxy) is 2. The van der Waals surface area contributed by atoms with Gasteiger partial charge < -0.3 is 19.5 Å². The predicted molar refractivity (Wildman–Crippen MR) is 191 cm³/mol. The van der Waals surface area contributed by atoms with Crippen molar-refractivity contribution in [3.05, 3.63) is 0 Å². The second-order valence-electron chi connectivity index (χ2n) is 13.4. The van der Waals surface area contributed by atoms with Gasteiger partial charge in [-0.25, -0.2) is 0 Å². The van der Waals surface area contributed by atoms with E-state index in [9.17, 15) is 14.7 Å². The standard InChI is InChI=1S/C39H77NO5/c1-4-7-9-11-15-22-28-36-44-38(42)30-24-18-13-14-20-26-32-40(34-35-41)33-27-21-16-19-25-31-39(43)45-37(6-3)29-23-17-12-10-8-5-2/h37,41H,4-36H2,1-3H3. The van der Waals surface area contributed by atoms with Gasteiger partial charge in [0.25, 0.3) is 0 Å². The summed E-state index contributed by atoms with van der Waals surface area (Å²) in [6.45, 7) is 10.3. The third kappa shape index (κ3) is 32.6. The van der Waals surface area contributed by atoms with Crippen LogP contribution >= 0.6 is 0 Å². The molecule has 268 valence electrons. The van der Waals surface area contributed by atoms with Crippen molar-refractivity contribution in [2.45, 2.75) is 207 Å². The lowest BCUT2D eigenvalue weighted by atomic mass is 10.1. The van der Waals surface area contributed by atoms with Crippen molar-refractivity contribution in [3.8, 4) is 0 Å². The number of esters is 2. The molecule has 0 fully saturated rings. The largest absolute Gasteiger partial charge is 0.466 e. The summed E-state index contributed by atoms with van der Waals surface area (Å²) in [4.78, 5) is 26.6. The summed E-state index contributed by atoms with van der Waals surface area (Å²) in [5.74, 6) is -0.0409. The topological polar surface area (TPSA) is 76.1 Å². The van der Waals surface area contributed by atoms with Gasteiger partial charge in [0.1, 0.15) is 6.10 Å². The first-order valence-electron chi connectivity index (χ1n) is 19.8. The number of nitrogens with zero attached hydrogens (tertiary/aromatic N) is 1. The quantitative estimate of drug-likeness (QED) is 0.0543. The van der Waals surface area contributed by atoms with Crippen molar-refractivity contribution >= 4 is 11.9 Å². The summed E-state index contributed by atoms with van der Waals surface area (Å²) < 4.78 is 11.1. The van der Waals surface area contributed by atoms with E-state index in [4.69, 9.17) is 9.47 Å². The molecule has 0 spiro atoms. The summed E-state index contributed by atoms with van der Waals surface area (Å²) in [7, 11) is 0. The van der Waals surface area contributed by atoms with Crippen LogP contribution in [0.1, 0.15) is 201 Å². The third-order valence-electron chi connectivity index (χ3n) is 9.02. The summed E-state index contributed by atoms with van der Waals surface area (Å²) in [6, 6.07) is 0. The minimum atomic E-state index is -0.0256. The lowest BCUT2D eigenvalue weighted by Gasteiger charge is -2.21. The van der Waals surface area contributed by atoms with Crippen LogP contribution in [0.5, 0.6) is 0 Å². The van der Waals surface area contributed by atoms with E-state index in [1.54, 1.807) is 0 Å². The van der Waals surface area contributed by atoms with Gasteiger partial charge in [-0.1, -0.05) is 136 Å². The van der Waals surface area contributed by atoms with Crippen LogP contribution in [0.25, 0.3) is 0 Å². The number of rotatable bonds is 36. The van der Waals surface area contributed by atoms with E-state index in [0.717, 1.165) is 77.4 Å². The molecule has 1 N–H and O–H groups in total. The van der Waals surface area contributed by atoms with Gasteiger partial charge in [-0.05, 0) is 64.5 Å². The molecule has 0 saturated carbocycles. The van der Waals surface area contributed by atoms with E-state index in [1.165, 1.54) is 109 Å². The Morgan fingerprint density at radius 3 is 1.49 bits per heavy atom. The smallest absolute Gasteiger partial charge is 0.306 e. The minimum Gasteiger partial charge on any atom is -0.466 e. The Hall–Kier alpha value is -1.14. The van der Waals surface area contributed by atoms with Crippen molar-refractivity contribution < 1.29 is 24.2 Å². The average Bonchev–Trinajstić information content (AvgIpc) is 3.03. The molecule has 0 radical (unpaired) electrons. The van der Waals surface area contributed by atoms with Crippen LogP contribution in [0.15, 0.2) is 0 Å². The second kappa shape index (κ2) is 35.7. The number of carbonyl (C=O) groups excluding carboxylic acids is 2. The van der Waals surface area contributed by atoms with Gasteiger partial charge in [-0.3, -0.25) is 9.59 Å². The van der Waals surface area contributed by atoms with Gasteiger partial charge in [0.05, 0.1) is 13.2 Å². The van der Waals surface area contributed by atoms with Gasteiger partial charge in [0.15, 0.2) is 0 Å². The molecule has 0 aromatic heterocycles. The molecule has 0 heterocycles. The maximum atomic E-state index is 12.3. The lowest BCUT2D eigenvalue weighted by Crippen LogP contribution is -2.29. The normalized spacial score (nSPS) is 12.1. The first-order valence-corrected chi connectivity index (χ1v) is 19.8. The Morgan fingerprint density at radius 2 is 0.978 bits per heavy atom. The lowest BCUT2D eigenvalue weighted by molar-refractivity contribution is -0.149. The Bertz CT molecular complexity index is 629. The number of unbranched alkanes of at least 4 members (excludes halogenated alkanes) is 20. The summed E-state index contributed by atoms with van der Waals surface area (Å²) >= 11 is 0. The van der Waals surface area contributed by atoms with E-state index in [2.05, 4.69) is 25.7 Å². The third-order valence-corrected chi connectivity index (χ3v) is 9.02. The van der Waals surface area contributed by atoms with Crippen LogP contribution < -0.4 is 0 Å². The zero-order valence-electron chi connectivity index (χ0n) is 30.4. The van der Waals surface area contributed by atoms with Gasteiger partial charge in [0.2, 0.25) is 0 Å². The molecule has 0 aromatic rings. The Balaban J connectivity index is 3.67. The number of hydrogen-bond donors (Lipinski definition) is 1. The molecule has 45 heavy (non-hydrogen) atoms. The van der Waals surface area contributed by atoms with Crippen LogP contribution in [0.2, 0.25) is 0 Å². The second-order valence-corrected chi connectivity index (χ2v) is 13.4. The summed E-state index contributed by atoms with van der Waals surface area (Å²) in [5, 5.41) is 9.47. The molecular formula is C39H77NO5. The highest BCUT2D eigenvalue weighted by Crippen LogP contribution is 2.15. The van der Waals surface area contributed by atoms with Gasteiger partial charge in [-0.15, -0.1) is 0 Å². The van der Waals surface area contributed by atoms with Gasteiger partial charge >= 0.3 is 11.9 Å². The number of aliphatic hydroxyl groups excluding tert-OH is 1. The molecule has 0 aliphatic rings. The van der Waals surface area contributed by atoms with Crippen LogP contribution in [-0.4, -0.2) is 60.9 Å². The fourth-order valence-electron chi connectivity index (χ4n) is 5.98. The Morgan fingerprint density at radius 1 is 0.533 bits per heavy atom. The predicted octanol–water partition coefficient (Wildman–Crippen LogP) is 10.7. The number of hydrogen-bond acceptors (Lipinski definition) is 6. The average molecular weight is 640 g/mol. The molecule has 0 aliphatic carbocycles. The molecular weight excluding hydrogens is 562 g/mol. The van der Waals surface area contributed by atoms with E-state index in [1.807, 2.05) is 0 Å². The van der Waals surface area contributed by atoms with Crippen molar-refractivity contribution in [3.63, 3.8) is 0 Å². The highest BCUT2D eigenvalue weighted by Gasteiger charge is 2.12. The van der Waals surface area contributed by atoms with Crippen LogP contribution in [0, 0.1) is 0 Å². The first kappa shape index (κ1) is 43.9. The number of aliphatic hydroxyl groups is 1. The molecule has 0 bridgehead atoms. The van der Waals surface area contributed by atoms with Crippen LogP contribution in [0.4, 0.5) is 0 Å². The fraction of sp³-hybridized carbons (Fsp3) is 0.949. The summed E-state index contributed by atoms with van der Waals surface area (Å²) in [6.07, 6.45) is 31.8. The highest BCUT2D eigenvalue weighted by atomic mass is 16.5. The SMILES string of the molecule is CCCCCCCCCOC(=O)CCCCCCCCN(CCO)CCCCCCCC(=O)OC(CC)CCCCCCCC. The molecule has 6 nitrogen and oxygen atoms in total. The van der Waals surface area contributed by atoms with Crippen LogP contribution in [0.3, 0.4) is 0 Å². The first-order chi connectivity index (χ1) is 22.1. The zero-order chi connectivity index (χ0) is 33.1. The maximum absolute atomic E-state index is 12.3. The molecule has 0 amide bonds. The van der Waals surface area contributed by atoms with Gasteiger partial charge in [-0.2, -0.15) is 0 Å². The minimum absolute atomic E-state index is 0.0152. The molecule has 0 rings (SSSR count). The van der Waals surface area contributed by atoms with E-state index in [-0.39, 0.29) is 24.6 Å². The molecule has 0 aromatic carbocycles. The molecule has 6 heteroatoms. The van der Waals surface area contributed by atoms with E-state index in [0.29, 0.717) is 19.4 Å². The van der Waals surface area contributed by atoms with Crippen molar-refractivity contribution in [2.75, 3.05) is 32.8 Å². The van der Waals surface area contributed by atoms with Crippen molar-refractivity contribution in [2.24, 2.45) is 0 Å². The highest BCUT2D eigenvalue weighted by molar-refractivity contribution is 5.69. The van der Waals surface area contributed by atoms with Crippen molar-refractivity contribution in [1.29, 1.82) is 0 Å². The molecule has 0 aliphatic heterocycles. The Labute approximate surface area is 280 Å². The Kier molecular flexibility index (Phi) is 34.8. The molecule has 1 atom stereocenters. The van der Waals surface area contributed by atoms with E-state index >= 15 is 0 Å². The maximum Gasteiger partial charge on any atom is 0.306 e. The van der Waals surface area contributed by atoms with Crippen LogP contribution in [-0.2, 0) is 19.1 Å². The summed E-state index contributed by atoms with van der Waals surface area (Å²) in [5.41, 5.74) is 0. The van der Waals surface area contributed by atoms with Gasteiger partial charge in [0, 0.05) is 19.4 Å². The number of carbonyl (C=O) groups is 2. The fourth-order valence-corrected chi connectivity index (χ4v) is 5.98. The molecule has 0 saturated heterocycles.